The summed E-state index contributed by atoms with van der Waals surface area (Å²) >= 11 is 1.63. The summed E-state index contributed by atoms with van der Waals surface area (Å²) in [5, 5.41) is 12.6. The maximum absolute atomic E-state index is 10.6. The number of methoxy groups -OCH3 is 1. The molecule has 0 bridgehead atoms. The summed E-state index contributed by atoms with van der Waals surface area (Å²) in [7, 11) is 1.64. The van der Waals surface area contributed by atoms with Crippen molar-refractivity contribution in [2.75, 3.05) is 7.11 Å². The van der Waals surface area contributed by atoms with Gasteiger partial charge in [-0.3, -0.25) is 4.98 Å². The van der Waals surface area contributed by atoms with Crippen LogP contribution >= 0.6 is 11.3 Å². The first-order valence-electron chi connectivity index (χ1n) is 6.35. The van der Waals surface area contributed by atoms with E-state index in [1.807, 2.05) is 42.6 Å². The Kier molecular flexibility index (Phi) is 3.42. The molecule has 0 fully saturated rings. The van der Waals surface area contributed by atoms with Gasteiger partial charge in [-0.05, 0) is 47.7 Å². The molecule has 0 spiro atoms. The zero-order valence-electron chi connectivity index (χ0n) is 11.3. The van der Waals surface area contributed by atoms with Crippen molar-refractivity contribution in [3.8, 4) is 5.75 Å². The standard InChI is InChI=1S/C16H15NO2S/c1-10-7-12(19-2)3-4-13(10)16(18)11-8-15-14(17-9-11)5-6-20-15/h3-9,16,18H,1-2H3. The van der Waals surface area contributed by atoms with E-state index in [9.17, 15) is 5.11 Å². The number of aryl methyl sites for hydroxylation is 1. The van der Waals surface area contributed by atoms with Gasteiger partial charge in [0.05, 0.1) is 17.3 Å². The summed E-state index contributed by atoms with van der Waals surface area (Å²) < 4.78 is 6.28. The molecule has 1 N–H and O–H groups in total. The maximum atomic E-state index is 10.6. The van der Waals surface area contributed by atoms with Gasteiger partial charge in [0.15, 0.2) is 0 Å². The van der Waals surface area contributed by atoms with Gasteiger partial charge in [-0.15, -0.1) is 11.3 Å². The molecule has 0 saturated carbocycles. The van der Waals surface area contributed by atoms with Gasteiger partial charge < -0.3 is 9.84 Å². The van der Waals surface area contributed by atoms with Crippen molar-refractivity contribution in [2.45, 2.75) is 13.0 Å². The number of nitrogens with zero attached hydrogens (tertiary/aromatic N) is 1. The molecule has 1 unspecified atom stereocenters. The smallest absolute Gasteiger partial charge is 0.119 e. The number of rotatable bonds is 3. The second kappa shape index (κ2) is 5.23. The van der Waals surface area contributed by atoms with Gasteiger partial charge in [0.25, 0.3) is 0 Å². The molecule has 20 heavy (non-hydrogen) atoms. The highest BCUT2D eigenvalue weighted by atomic mass is 32.1. The van der Waals surface area contributed by atoms with E-state index in [2.05, 4.69) is 4.98 Å². The van der Waals surface area contributed by atoms with Gasteiger partial charge >= 0.3 is 0 Å². The molecule has 2 aromatic heterocycles. The molecule has 0 radical (unpaired) electrons. The number of hydrogen-bond donors (Lipinski definition) is 1. The molecule has 1 atom stereocenters. The quantitative estimate of drug-likeness (QED) is 0.798. The molecule has 0 aliphatic heterocycles. The minimum absolute atomic E-state index is 0.667. The summed E-state index contributed by atoms with van der Waals surface area (Å²) in [4.78, 5) is 4.38. The molecule has 1 aromatic carbocycles. The van der Waals surface area contributed by atoms with E-state index in [0.717, 1.165) is 32.7 Å². The molecule has 0 aliphatic rings. The molecular formula is C16H15NO2S. The van der Waals surface area contributed by atoms with Crippen molar-refractivity contribution in [1.82, 2.24) is 4.98 Å². The van der Waals surface area contributed by atoms with Crippen LogP contribution in [-0.2, 0) is 0 Å². The molecular weight excluding hydrogens is 270 g/mol. The van der Waals surface area contributed by atoms with Crippen LogP contribution in [0.5, 0.6) is 5.75 Å². The summed E-state index contributed by atoms with van der Waals surface area (Å²) in [5.41, 5.74) is 3.66. The Hall–Kier alpha value is -1.91. The minimum Gasteiger partial charge on any atom is -0.497 e. The largest absolute Gasteiger partial charge is 0.497 e. The normalized spacial score (nSPS) is 12.6. The summed E-state index contributed by atoms with van der Waals surface area (Å²) in [6, 6.07) is 9.67. The summed E-state index contributed by atoms with van der Waals surface area (Å²) in [6.07, 6.45) is 1.07. The fourth-order valence-electron chi connectivity index (χ4n) is 2.27. The lowest BCUT2D eigenvalue weighted by atomic mass is 9.98. The molecule has 102 valence electrons. The molecule has 0 amide bonds. The van der Waals surface area contributed by atoms with Gasteiger partial charge in [0.2, 0.25) is 0 Å². The number of aromatic nitrogens is 1. The number of aliphatic hydroxyl groups excluding tert-OH is 1. The fraction of sp³-hybridized carbons (Fsp3) is 0.188. The Morgan fingerprint density at radius 3 is 2.85 bits per heavy atom. The average molecular weight is 285 g/mol. The Bertz CT molecular complexity index is 751. The third-order valence-corrected chi connectivity index (χ3v) is 4.26. The molecule has 4 heteroatoms. The first-order chi connectivity index (χ1) is 9.69. The predicted molar refractivity (Wildman–Crippen MR) is 81.4 cm³/mol. The van der Waals surface area contributed by atoms with E-state index < -0.39 is 6.10 Å². The second-order valence-electron chi connectivity index (χ2n) is 4.70. The number of benzene rings is 1. The van der Waals surface area contributed by atoms with Crippen LogP contribution in [0.4, 0.5) is 0 Å². The molecule has 3 rings (SSSR count). The van der Waals surface area contributed by atoms with Crippen molar-refractivity contribution in [1.29, 1.82) is 0 Å². The lowest BCUT2D eigenvalue weighted by molar-refractivity contribution is 0.219. The second-order valence-corrected chi connectivity index (χ2v) is 5.65. The number of thiophene rings is 1. The van der Waals surface area contributed by atoms with Gasteiger partial charge in [0, 0.05) is 11.8 Å². The van der Waals surface area contributed by atoms with Crippen LogP contribution in [0.2, 0.25) is 0 Å². The van der Waals surface area contributed by atoms with E-state index in [1.165, 1.54) is 0 Å². The van der Waals surface area contributed by atoms with Crippen molar-refractivity contribution >= 4 is 21.6 Å². The fourth-order valence-corrected chi connectivity index (χ4v) is 3.06. The van der Waals surface area contributed by atoms with Gasteiger partial charge in [-0.1, -0.05) is 6.07 Å². The Morgan fingerprint density at radius 2 is 2.10 bits per heavy atom. The monoisotopic (exact) mass is 285 g/mol. The maximum Gasteiger partial charge on any atom is 0.119 e. The molecule has 2 heterocycles. The Balaban J connectivity index is 2.00. The van der Waals surface area contributed by atoms with Crippen LogP contribution in [0.3, 0.4) is 0 Å². The minimum atomic E-state index is -0.667. The average Bonchev–Trinajstić information content (AvgIpc) is 2.93. The van der Waals surface area contributed by atoms with E-state index in [0.29, 0.717) is 0 Å². The van der Waals surface area contributed by atoms with Crippen LogP contribution in [0.25, 0.3) is 10.2 Å². The Labute approximate surface area is 121 Å². The first-order valence-corrected chi connectivity index (χ1v) is 7.23. The number of hydrogen-bond acceptors (Lipinski definition) is 4. The van der Waals surface area contributed by atoms with Crippen LogP contribution in [-0.4, -0.2) is 17.2 Å². The van der Waals surface area contributed by atoms with E-state index >= 15 is 0 Å². The predicted octanol–water partition coefficient (Wildman–Crippen LogP) is 3.70. The zero-order valence-corrected chi connectivity index (χ0v) is 12.1. The number of pyridine rings is 1. The van der Waals surface area contributed by atoms with E-state index in [4.69, 9.17) is 4.74 Å². The SMILES string of the molecule is COc1ccc(C(O)c2cnc3ccsc3c2)c(C)c1. The van der Waals surface area contributed by atoms with Crippen molar-refractivity contribution in [2.24, 2.45) is 0 Å². The molecule has 0 aliphatic carbocycles. The molecule has 0 saturated heterocycles. The molecule has 3 nitrogen and oxygen atoms in total. The third kappa shape index (κ3) is 2.28. The number of fused-ring (bicyclic) bond motifs is 1. The lowest BCUT2D eigenvalue weighted by Crippen LogP contribution is -2.02. The highest BCUT2D eigenvalue weighted by Gasteiger charge is 2.14. The number of aliphatic hydroxyl groups is 1. The van der Waals surface area contributed by atoms with Gasteiger partial charge in [-0.25, -0.2) is 0 Å². The van der Waals surface area contributed by atoms with E-state index in [-0.39, 0.29) is 0 Å². The van der Waals surface area contributed by atoms with E-state index in [1.54, 1.807) is 24.6 Å². The van der Waals surface area contributed by atoms with Crippen LogP contribution in [0.15, 0.2) is 41.9 Å². The van der Waals surface area contributed by atoms with Crippen molar-refractivity contribution < 1.29 is 9.84 Å². The summed E-state index contributed by atoms with van der Waals surface area (Å²) in [5.74, 6) is 0.797. The Morgan fingerprint density at radius 1 is 1.25 bits per heavy atom. The lowest BCUT2D eigenvalue weighted by Gasteiger charge is -2.15. The molecule has 3 aromatic rings. The zero-order chi connectivity index (χ0) is 14.1. The van der Waals surface area contributed by atoms with Gasteiger partial charge in [-0.2, -0.15) is 0 Å². The first kappa shape index (κ1) is 13.1. The highest BCUT2D eigenvalue weighted by Crippen LogP contribution is 2.29. The van der Waals surface area contributed by atoms with Crippen molar-refractivity contribution in [3.63, 3.8) is 0 Å². The van der Waals surface area contributed by atoms with Crippen LogP contribution < -0.4 is 4.74 Å². The van der Waals surface area contributed by atoms with Crippen LogP contribution in [0.1, 0.15) is 22.8 Å². The summed E-state index contributed by atoms with van der Waals surface area (Å²) in [6.45, 7) is 1.97. The highest BCUT2D eigenvalue weighted by molar-refractivity contribution is 7.17. The van der Waals surface area contributed by atoms with Crippen molar-refractivity contribution in [3.05, 3.63) is 58.6 Å². The van der Waals surface area contributed by atoms with Crippen LogP contribution in [0, 0.1) is 6.92 Å². The topological polar surface area (TPSA) is 42.4 Å². The van der Waals surface area contributed by atoms with Gasteiger partial charge in [0.1, 0.15) is 11.9 Å². The number of ether oxygens (including phenoxy) is 1. The third-order valence-electron chi connectivity index (χ3n) is 3.41.